The van der Waals surface area contributed by atoms with Crippen molar-refractivity contribution in [2.45, 2.75) is 31.8 Å². The fourth-order valence-corrected chi connectivity index (χ4v) is 3.92. The molecule has 1 aromatic heterocycles. The van der Waals surface area contributed by atoms with E-state index in [2.05, 4.69) is 10.4 Å². The van der Waals surface area contributed by atoms with Gasteiger partial charge in [-0.05, 0) is 36.5 Å². The maximum Gasteiger partial charge on any atom is 0.222 e. The summed E-state index contributed by atoms with van der Waals surface area (Å²) >= 11 is 8.09. The molecule has 1 aromatic carbocycles. The number of halogens is 1. The second-order valence-electron chi connectivity index (χ2n) is 5.24. The zero-order valence-corrected chi connectivity index (χ0v) is 13.3. The Morgan fingerprint density at radius 3 is 3.05 bits per heavy atom. The predicted octanol–water partition coefficient (Wildman–Crippen LogP) is 3.09. The van der Waals surface area contributed by atoms with Crippen LogP contribution in [0.3, 0.4) is 0 Å². The molecule has 4 nitrogen and oxygen atoms in total. The second-order valence-corrected chi connectivity index (χ2v) is 6.88. The van der Waals surface area contributed by atoms with E-state index >= 15 is 0 Å². The van der Waals surface area contributed by atoms with Gasteiger partial charge in [0.25, 0.3) is 0 Å². The van der Waals surface area contributed by atoms with Gasteiger partial charge in [0.15, 0.2) is 0 Å². The van der Waals surface area contributed by atoms with Crippen LogP contribution in [0.4, 0.5) is 0 Å². The quantitative estimate of drug-likeness (QED) is 0.940. The number of nitrogens with one attached hydrogen (secondary N) is 1. The maximum atomic E-state index is 12.0. The number of hydrogen-bond acceptors (Lipinski definition) is 3. The summed E-state index contributed by atoms with van der Waals surface area (Å²) in [6.45, 7) is 0.581. The lowest BCUT2D eigenvalue weighted by atomic mass is 10.1. The molecule has 2 heterocycles. The Kier molecular flexibility index (Phi) is 4.70. The highest BCUT2D eigenvalue weighted by Crippen LogP contribution is 2.23. The molecule has 0 unspecified atom stereocenters. The molecule has 21 heavy (non-hydrogen) atoms. The first-order chi connectivity index (χ1) is 10.2. The van der Waals surface area contributed by atoms with Gasteiger partial charge in [-0.3, -0.25) is 9.48 Å². The molecule has 0 aliphatic carbocycles. The van der Waals surface area contributed by atoms with Crippen molar-refractivity contribution in [1.82, 2.24) is 15.1 Å². The SMILES string of the molecule is O=C(CCn1ncc2c(Cl)cccc21)NC1CCSCC1. The summed E-state index contributed by atoms with van der Waals surface area (Å²) in [5.74, 6) is 2.40. The molecule has 1 N–H and O–H groups in total. The molecule has 0 spiro atoms. The number of amides is 1. The summed E-state index contributed by atoms with van der Waals surface area (Å²) in [6.07, 6.45) is 4.37. The molecular formula is C15H18ClN3OS. The third kappa shape index (κ3) is 3.52. The van der Waals surface area contributed by atoms with Gasteiger partial charge in [0.1, 0.15) is 0 Å². The summed E-state index contributed by atoms with van der Waals surface area (Å²) < 4.78 is 1.84. The van der Waals surface area contributed by atoms with Gasteiger partial charge in [-0.2, -0.15) is 16.9 Å². The minimum absolute atomic E-state index is 0.109. The lowest BCUT2D eigenvalue weighted by molar-refractivity contribution is -0.122. The van der Waals surface area contributed by atoms with Crippen LogP contribution in [-0.2, 0) is 11.3 Å². The third-order valence-corrected chi connectivity index (χ3v) is 5.15. The number of aromatic nitrogens is 2. The minimum atomic E-state index is 0.109. The summed E-state index contributed by atoms with van der Waals surface area (Å²) in [6, 6.07) is 6.08. The van der Waals surface area contributed by atoms with Gasteiger partial charge in [0.05, 0.1) is 23.3 Å². The van der Waals surface area contributed by atoms with Crippen molar-refractivity contribution in [3.05, 3.63) is 29.4 Å². The molecule has 112 valence electrons. The van der Waals surface area contributed by atoms with Crippen LogP contribution in [0.5, 0.6) is 0 Å². The first kappa shape index (κ1) is 14.7. The number of thioether (sulfide) groups is 1. The summed E-state index contributed by atoms with van der Waals surface area (Å²) in [4.78, 5) is 12.0. The molecular weight excluding hydrogens is 306 g/mol. The zero-order chi connectivity index (χ0) is 14.7. The van der Waals surface area contributed by atoms with Gasteiger partial charge < -0.3 is 5.32 Å². The van der Waals surface area contributed by atoms with Crippen LogP contribution in [0.25, 0.3) is 10.9 Å². The van der Waals surface area contributed by atoms with Crippen LogP contribution in [-0.4, -0.2) is 33.2 Å². The molecule has 1 amide bonds. The van der Waals surface area contributed by atoms with Crippen LogP contribution >= 0.6 is 23.4 Å². The number of benzene rings is 1. The highest BCUT2D eigenvalue weighted by atomic mass is 35.5. The summed E-state index contributed by atoms with van der Waals surface area (Å²) in [5.41, 5.74) is 0.976. The normalized spacial score (nSPS) is 16.2. The van der Waals surface area contributed by atoms with Gasteiger partial charge in [0, 0.05) is 17.8 Å². The first-order valence-electron chi connectivity index (χ1n) is 7.21. The topological polar surface area (TPSA) is 46.9 Å². The standard InChI is InChI=1S/C15H18ClN3OS/c16-13-2-1-3-14-12(13)10-17-19(14)7-4-15(20)18-11-5-8-21-9-6-11/h1-3,10-11H,4-9H2,(H,18,20). The van der Waals surface area contributed by atoms with Gasteiger partial charge in [-0.25, -0.2) is 0 Å². The molecule has 0 radical (unpaired) electrons. The Bertz CT molecular complexity index is 637. The number of hydrogen-bond donors (Lipinski definition) is 1. The number of carbonyl (C=O) groups is 1. The monoisotopic (exact) mass is 323 g/mol. The second kappa shape index (κ2) is 6.71. The van der Waals surface area contributed by atoms with E-state index in [9.17, 15) is 4.79 Å². The molecule has 6 heteroatoms. The van der Waals surface area contributed by atoms with Crippen LogP contribution in [0.2, 0.25) is 5.02 Å². The molecule has 3 rings (SSSR count). The fraction of sp³-hybridized carbons (Fsp3) is 0.467. The van der Waals surface area contributed by atoms with Gasteiger partial charge >= 0.3 is 0 Å². The highest BCUT2D eigenvalue weighted by molar-refractivity contribution is 7.99. The molecule has 1 fully saturated rings. The number of carbonyl (C=O) groups excluding carboxylic acids is 1. The molecule has 1 aliphatic rings. The van der Waals surface area contributed by atoms with E-state index < -0.39 is 0 Å². The Labute approximate surface area is 133 Å². The van der Waals surface area contributed by atoms with Crippen molar-refractivity contribution in [3.8, 4) is 0 Å². The lowest BCUT2D eigenvalue weighted by Crippen LogP contribution is -2.37. The highest BCUT2D eigenvalue weighted by Gasteiger charge is 2.16. The van der Waals surface area contributed by atoms with E-state index in [1.165, 1.54) is 0 Å². The van der Waals surface area contributed by atoms with Gasteiger partial charge in [-0.15, -0.1) is 0 Å². The zero-order valence-electron chi connectivity index (χ0n) is 11.7. The average molecular weight is 324 g/mol. The summed E-state index contributed by atoms with van der Waals surface area (Å²) in [5, 5.41) is 9.08. The van der Waals surface area contributed by atoms with Crippen LogP contribution in [0.1, 0.15) is 19.3 Å². The number of nitrogens with zero attached hydrogens (tertiary/aromatic N) is 2. The summed E-state index contributed by atoms with van der Waals surface area (Å²) in [7, 11) is 0. The average Bonchev–Trinajstić information content (AvgIpc) is 2.91. The van der Waals surface area contributed by atoms with E-state index in [-0.39, 0.29) is 5.91 Å². The fourth-order valence-electron chi connectivity index (χ4n) is 2.60. The van der Waals surface area contributed by atoms with E-state index in [1.54, 1.807) is 6.20 Å². The van der Waals surface area contributed by atoms with Crippen LogP contribution in [0.15, 0.2) is 24.4 Å². The first-order valence-corrected chi connectivity index (χ1v) is 8.74. The Hall–Kier alpha value is -1.20. The minimum Gasteiger partial charge on any atom is -0.353 e. The molecule has 2 aromatic rings. The molecule has 0 bridgehead atoms. The van der Waals surface area contributed by atoms with Crippen LogP contribution < -0.4 is 5.32 Å². The van der Waals surface area contributed by atoms with Crippen molar-refractivity contribution in [2.75, 3.05) is 11.5 Å². The number of rotatable bonds is 4. The lowest BCUT2D eigenvalue weighted by Gasteiger charge is -2.22. The number of fused-ring (bicyclic) bond motifs is 1. The number of aryl methyl sites for hydroxylation is 1. The van der Waals surface area contributed by atoms with E-state index in [0.717, 1.165) is 35.3 Å². The van der Waals surface area contributed by atoms with Gasteiger partial charge in [0.2, 0.25) is 5.91 Å². The molecule has 1 aliphatic heterocycles. The molecule has 0 saturated carbocycles. The van der Waals surface area contributed by atoms with E-state index in [0.29, 0.717) is 24.0 Å². The largest absolute Gasteiger partial charge is 0.353 e. The predicted molar refractivity (Wildman–Crippen MR) is 87.8 cm³/mol. The molecule has 0 atom stereocenters. The van der Waals surface area contributed by atoms with Crippen molar-refractivity contribution in [1.29, 1.82) is 0 Å². The van der Waals surface area contributed by atoms with Gasteiger partial charge in [-0.1, -0.05) is 17.7 Å². The van der Waals surface area contributed by atoms with Crippen molar-refractivity contribution >= 4 is 40.2 Å². The Morgan fingerprint density at radius 2 is 2.24 bits per heavy atom. The van der Waals surface area contributed by atoms with Crippen molar-refractivity contribution < 1.29 is 4.79 Å². The Balaban J connectivity index is 1.58. The molecule has 1 saturated heterocycles. The third-order valence-electron chi connectivity index (χ3n) is 3.77. The maximum absolute atomic E-state index is 12.0. The van der Waals surface area contributed by atoms with Crippen LogP contribution in [0, 0.1) is 0 Å². The van der Waals surface area contributed by atoms with Crippen molar-refractivity contribution in [3.63, 3.8) is 0 Å². The smallest absolute Gasteiger partial charge is 0.222 e. The van der Waals surface area contributed by atoms with E-state index in [4.69, 9.17) is 11.6 Å². The Morgan fingerprint density at radius 1 is 1.43 bits per heavy atom. The van der Waals surface area contributed by atoms with Crippen molar-refractivity contribution in [2.24, 2.45) is 0 Å². The van der Waals surface area contributed by atoms with E-state index in [1.807, 2.05) is 34.6 Å².